The molecule has 0 saturated carbocycles. The first-order valence-corrected chi connectivity index (χ1v) is 9.35. The molecule has 2 aromatic carbocycles. The molecule has 144 valence electrons. The first-order chi connectivity index (χ1) is 13.3. The number of aryl methyl sites for hydroxylation is 4. The van der Waals surface area contributed by atoms with Crippen molar-refractivity contribution in [1.82, 2.24) is 4.98 Å². The van der Waals surface area contributed by atoms with Crippen LogP contribution in [-0.4, -0.2) is 21.0 Å². The molecule has 0 saturated heterocycles. The van der Waals surface area contributed by atoms with E-state index in [1.54, 1.807) is 6.20 Å². The fourth-order valence-electron chi connectivity index (χ4n) is 2.76. The summed E-state index contributed by atoms with van der Waals surface area (Å²) in [5.74, 6) is -0.0540. The number of nitro groups is 1. The monoisotopic (exact) mass is 398 g/mol. The van der Waals surface area contributed by atoms with E-state index in [1.807, 2.05) is 26.0 Å². The molecule has 0 bridgehead atoms. The average Bonchev–Trinajstić information content (AvgIpc) is 3.14. The van der Waals surface area contributed by atoms with E-state index in [1.165, 1.54) is 35.6 Å². The van der Waals surface area contributed by atoms with Crippen LogP contribution in [0.5, 0.6) is 11.5 Å². The molecule has 0 aliphatic carbocycles. The van der Waals surface area contributed by atoms with Gasteiger partial charge in [0.2, 0.25) is 5.01 Å². The second-order valence-electron chi connectivity index (χ2n) is 6.35. The second kappa shape index (κ2) is 8.18. The van der Waals surface area contributed by atoms with Crippen molar-refractivity contribution in [1.29, 1.82) is 0 Å². The molecule has 0 atom stereocenters. The zero-order chi connectivity index (χ0) is 20.3. The third kappa shape index (κ3) is 4.52. The summed E-state index contributed by atoms with van der Waals surface area (Å²) in [6.07, 6.45) is 3.13. The van der Waals surface area contributed by atoms with Crippen molar-refractivity contribution in [2.45, 2.75) is 26.7 Å². The highest BCUT2D eigenvalue weighted by Crippen LogP contribution is 2.25. The fourth-order valence-corrected chi connectivity index (χ4v) is 3.55. The Balaban J connectivity index is 1.61. The lowest BCUT2D eigenvalue weighted by atomic mass is 10.0. The van der Waals surface area contributed by atoms with Gasteiger partial charge in [-0.25, -0.2) is 9.78 Å². The smallest absolute Gasteiger partial charge is 0.372 e. The molecule has 0 aliphatic heterocycles. The van der Waals surface area contributed by atoms with E-state index >= 15 is 0 Å². The highest BCUT2D eigenvalue weighted by atomic mass is 32.1. The Labute approximate surface area is 165 Å². The van der Waals surface area contributed by atoms with Crippen LogP contribution in [0.3, 0.4) is 0 Å². The Morgan fingerprint density at radius 1 is 1.18 bits per heavy atom. The molecule has 1 heterocycles. The van der Waals surface area contributed by atoms with Gasteiger partial charge in [-0.3, -0.25) is 10.1 Å². The second-order valence-corrected chi connectivity index (χ2v) is 7.47. The van der Waals surface area contributed by atoms with Crippen LogP contribution in [0.25, 0.3) is 0 Å². The van der Waals surface area contributed by atoms with Gasteiger partial charge < -0.3 is 9.84 Å². The first-order valence-electron chi connectivity index (χ1n) is 8.54. The van der Waals surface area contributed by atoms with Crippen molar-refractivity contribution in [3.8, 4) is 11.5 Å². The molecule has 0 radical (unpaired) electrons. The molecule has 0 amide bonds. The van der Waals surface area contributed by atoms with Crippen LogP contribution < -0.4 is 4.74 Å². The third-order valence-electron chi connectivity index (χ3n) is 4.20. The molecule has 28 heavy (non-hydrogen) atoms. The highest BCUT2D eigenvalue weighted by Gasteiger charge is 2.15. The minimum atomic E-state index is -0.596. The number of nitro benzene ring substituents is 1. The average molecular weight is 398 g/mol. The molecule has 0 fully saturated rings. The molecule has 8 heteroatoms. The molecule has 0 spiro atoms. The summed E-state index contributed by atoms with van der Waals surface area (Å²) in [5, 5.41) is 20.7. The van der Waals surface area contributed by atoms with Crippen LogP contribution in [0.15, 0.2) is 42.6 Å². The summed E-state index contributed by atoms with van der Waals surface area (Å²) >= 11 is 1.26. The van der Waals surface area contributed by atoms with E-state index in [2.05, 4.69) is 4.98 Å². The van der Waals surface area contributed by atoms with Crippen LogP contribution in [0, 0.1) is 24.0 Å². The van der Waals surface area contributed by atoms with E-state index in [0.717, 1.165) is 28.0 Å². The Morgan fingerprint density at radius 2 is 1.82 bits per heavy atom. The fraction of sp³-hybridized carbons (Fsp3) is 0.200. The van der Waals surface area contributed by atoms with E-state index in [0.29, 0.717) is 12.2 Å². The summed E-state index contributed by atoms with van der Waals surface area (Å²) < 4.78 is 5.21. The number of phenolic OH excluding ortho intramolecular Hbond substituents is 1. The van der Waals surface area contributed by atoms with Gasteiger partial charge in [0.05, 0.1) is 4.92 Å². The van der Waals surface area contributed by atoms with Crippen molar-refractivity contribution in [3.05, 3.63) is 79.3 Å². The van der Waals surface area contributed by atoms with Gasteiger partial charge in [0, 0.05) is 23.2 Å². The van der Waals surface area contributed by atoms with Gasteiger partial charge in [0.15, 0.2) is 0 Å². The number of hydrogen-bond donors (Lipinski definition) is 1. The molecule has 0 unspecified atom stereocenters. The van der Waals surface area contributed by atoms with Crippen molar-refractivity contribution in [3.63, 3.8) is 0 Å². The van der Waals surface area contributed by atoms with E-state index in [-0.39, 0.29) is 16.4 Å². The number of esters is 1. The summed E-state index contributed by atoms with van der Waals surface area (Å²) in [6.45, 7) is 3.73. The van der Waals surface area contributed by atoms with Crippen molar-refractivity contribution in [2.24, 2.45) is 0 Å². The Hall–Kier alpha value is -3.26. The topological polar surface area (TPSA) is 103 Å². The van der Waals surface area contributed by atoms with Gasteiger partial charge in [-0.05, 0) is 55.5 Å². The lowest BCUT2D eigenvalue weighted by Gasteiger charge is -2.07. The van der Waals surface area contributed by atoms with Crippen LogP contribution in [-0.2, 0) is 12.8 Å². The number of nitrogens with zero attached hydrogens (tertiary/aromatic N) is 2. The van der Waals surface area contributed by atoms with Crippen molar-refractivity contribution in [2.75, 3.05) is 0 Å². The number of thiazole rings is 1. The number of carbonyl (C=O) groups is 1. The summed E-state index contributed by atoms with van der Waals surface area (Å²) in [4.78, 5) is 27.4. The standard InChI is InChI=1S/C20H18N2O5S/c1-12-9-14(10-13(2)18(12)23)3-8-17-11-21-19(28-17)20(24)27-16-6-4-15(5-7-16)22(25)26/h4-7,9-11,23H,3,8H2,1-2H3. The molecule has 7 nitrogen and oxygen atoms in total. The molecule has 3 rings (SSSR count). The minimum absolute atomic E-state index is 0.0731. The van der Waals surface area contributed by atoms with Crippen molar-refractivity contribution >= 4 is 23.0 Å². The SMILES string of the molecule is Cc1cc(CCc2cnc(C(=O)Oc3ccc([N+](=O)[O-])cc3)s2)cc(C)c1O. The number of benzene rings is 2. The first kappa shape index (κ1) is 19.5. The van der Waals surface area contributed by atoms with E-state index in [9.17, 15) is 20.0 Å². The Bertz CT molecular complexity index is 1000. The predicted molar refractivity (Wildman–Crippen MR) is 105 cm³/mol. The summed E-state index contributed by atoms with van der Waals surface area (Å²) in [6, 6.07) is 9.20. The van der Waals surface area contributed by atoms with Crippen molar-refractivity contribution < 1.29 is 19.6 Å². The Morgan fingerprint density at radius 3 is 2.43 bits per heavy atom. The quantitative estimate of drug-likeness (QED) is 0.286. The zero-order valence-electron chi connectivity index (χ0n) is 15.3. The molecule has 0 aliphatic rings. The van der Waals surface area contributed by atoms with Gasteiger partial charge in [-0.1, -0.05) is 12.1 Å². The molecule has 1 N–H and O–H groups in total. The Kier molecular flexibility index (Phi) is 5.70. The number of carbonyl (C=O) groups excluding carboxylic acids is 1. The predicted octanol–water partition coefficient (Wildman–Crippen LogP) is 4.38. The molecular weight excluding hydrogens is 380 g/mol. The van der Waals surface area contributed by atoms with Crippen LogP contribution in [0.4, 0.5) is 5.69 Å². The van der Waals surface area contributed by atoms with Gasteiger partial charge in [0.1, 0.15) is 11.5 Å². The maximum atomic E-state index is 12.2. The highest BCUT2D eigenvalue weighted by molar-refractivity contribution is 7.13. The number of phenols is 1. The van der Waals surface area contributed by atoms with Crippen LogP contribution in [0.2, 0.25) is 0 Å². The normalized spacial score (nSPS) is 10.6. The maximum Gasteiger partial charge on any atom is 0.372 e. The number of ether oxygens (including phenoxy) is 1. The van der Waals surface area contributed by atoms with Gasteiger partial charge in [0.25, 0.3) is 5.69 Å². The lowest BCUT2D eigenvalue weighted by Crippen LogP contribution is -2.07. The number of hydrogen-bond acceptors (Lipinski definition) is 7. The number of aromatic hydroxyl groups is 1. The van der Waals surface area contributed by atoms with Gasteiger partial charge in [-0.15, -0.1) is 11.3 Å². The van der Waals surface area contributed by atoms with Crippen LogP contribution >= 0.6 is 11.3 Å². The summed E-state index contributed by atoms with van der Waals surface area (Å²) in [7, 11) is 0. The minimum Gasteiger partial charge on any atom is -0.507 e. The van der Waals surface area contributed by atoms with E-state index < -0.39 is 10.9 Å². The maximum absolute atomic E-state index is 12.2. The number of non-ortho nitro benzene ring substituents is 1. The van der Waals surface area contributed by atoms with Gasteiger partial charge in [-0.2, -0.15) is 0 Å². The van der Waals surface area contributed by atoms with Crippen LogP contribution in [0.1, 0.15) is 31.4 Å². The summed E-state index contributed by atoms with van der Waals surface area (Å²) in [5.41, 5.74) is 2.71. The largest absolute Gasteiger partial charge is 0.507 e. The third-order valence-corrected chi connectivity index (χ3v) is 5.23. The molecule has 1 aromatic heterocycles. The molecular formula is C20H18N2O5S. The zero-order valence-corrected chi connectivity index (χ0v) is 16.2. The number of rotatable bonds is 6. The lowest BCUT2D eigenvalue weighted by molar-refractivity contribution is -0.384. The van der Waals surface area contributed by atoms with E-state index in [4.69, 9.17) is 4.74 Å². The van der Waals surface area contributed by atoms with Gasteiger partial charge >= 0.3 is 5.97 Å². The number of aromatic nitrogens is 1. The molecule has 3 aromatic rings.